The van der Waals surface area contributed by atoms with Gasteiger partial charge in [-0.1, -0.05) is 18.2 Å². The van der Waals surface area contributed by atoms with E-state index in [1.807, 2.05) is 19.2 Å². The first-order chi connectivity index (χ1) is 15.8. The normalized spacial score (nSPS) is 28.5. The summed E-state index contributed by atoms with van der Waals surface area (Å²) in [6.45, 7) is 2.18. The van der Waals surface area contributed by atoms with Crippen LogP contribution in [0.25, 0.3) is 17.0 Å². The van der Waals surface area contributed by atoms with E-state index in [4.69, 9.17) is 5.11 Å². The number of nitrogens with zero attached hydrogens (tertiary/aromatic N) is 2. The van der Waals surface area contributed by atoms with Crippen molar-refractivity contribution >= 4 is 22.9 Å². The molecule has 0 saturated heterocycles. The van der Waals surface area contributed by atoms with Crippen LogP contribution in [0.15, 0.2) is 42.5 Å². The predicted molar refractivity (Wildman–Crippen MR) is 123 cm³/mol. The van der Waals surface area contributed by atoms with E-state index in [9.17, 15) is 4.79 Å². The maximum atomic E-state index is 15.7. The van der Waals surface area contributed by atoms with Crippen molar-refractivity contribution in [1.82, 2.24) is 9.47 Å². The van der Waals surface area contributed by atoms with Gasteiger partial charge in [-0.2, -0.15) is 0 Å². The first-order valence-corrected chi connectivity index (χ1v) is 11.5. The Balaban J connectivity index is 1.58. The number of benzene rings is 2. The Hall–Kier alpha value is -2.99. The molecule has 0 spiro atoms. The van der Waals surface area contributed by atoms with Crippen LogP contribution >= 0.6 is 0 Å². The molecule has 0 radical (unpaired) electrons. The van der Waals surface area contributed by atoms with Gasteiger partial charge in [-0.3, -0.25) is 4.90 Å². The van der Waals surface area contributed by atoms with Gasteiger partial charge in [-0.15, -0.1) is 0 Å². The summed E-state index contributed by atoms with van der Waals surface area (Å²) in [6, 6.07) is 10.3. The summed E-state index contributed by atoms with van der Waals surface area (Å²) < 4.78 is 33.4. The molecule has 7 rings (SSSR count). The van der Waals surface area contributed by atoms with Crippen LogP contribution in [0, 0.1) is 17.6 Å². The van der Waals surface area contributed by atoms with E-state index in [0.29, 0.717) is 0 Å². The van der Waals surface area contributed by atoms with Crippen molar-refractivity contribution < 1.29 is 18.7 Å². The van der Waals surface area contributed by atoms with Gasteiger partial charge in [0.25, 0.3) is 0 Å². The summed E-state index contributed by atoms with van der Waals surface area (Å²) >= 11 is 0. The number of aliphatic carboxylic acids is 1. The molecule has 4 aliphatic rings. The van der Waals surface area contributed by atoms with E-state index in [0.717, 1.165) is 54.3 Å². The van der Waals surface area contributed by atoms with Crippen molar-refractivity contribution in [2.45, 2.75) is 50.2 Å². The van der Waals surface area contributed by atoms with Gasteiger partial charge in [0.15, 0.2) is 0 Å². The number of hydrogen-bond donors (Lipinski definition) is 1. The fourth-order valence-electron chi connectivity index (χ4n) is 6.73. The van der Waals surface area contributed by atoms with Gasteiger partial charge in [-0.25, -0.2) is 13.6 Å². The van der Waals surface area contributed by atoms with Crippen LogP contribution in [0.1, 0.15) is 54.6 Å². The highest BCUT2D eigenvalue weighted by Gasteiger charge is 2.63. The average Bonchev–Trinajstić information content (AvgIpc) is 2.98. The molecule has 0 unspecified atom stereocenters. The van der Waals surface area contributed by atoms with E-state index < -0.39 is 23.6 Å². The van der Waals surface area contributed by atoms with Gasteiger partial charge in [0, 0.05) is 46.9 Å². The summed E-state index contributed by atoms with van der Waals surface area (Å²) in [4.78, 5) is 13.3. The number of aromatic nitrogens is 1. The lowest BCUT2D eigenvalue weighted by Gasteiger charge is -2.70. The minimum absolute atomic E-state index is 0.0175. The Morgan fingerprint density at radius 2 is 1.82 bits per heavy atom. The molecular formula is C27H26F2N2O2. The molecule has 1 aromatic heterocycles. The van der Waals surface area contributed by atoms with Crippen molar-refractivity contribution in [3.8, 4) is 0 Å². The van der Waals surface area contributed by atoms with Gasteiger partial charge < -0.3 is 9.67 Å². The highest BCUT2D eigenvalue weighted by Crippen LogP contribution is 2.64. The molecule has 33 heavy (non-hydrogen) atoms. The molecule has 3 aliphatic carbocycles. The molecule has 2 bridgehead atoms. The SMILES string of the molecule is C[C@@H]1Cc2c(n(C)c3ccccc23)[C@@H](c2c(F)cc(C=CC(=O)O)cc2F)N1C12CC(C1)C2. The van der Waals surface area contributed by atoms with E-state index in [2.05, 4.69) is 28.5 Å². The van der Waals surface area contributed by atoms with Crippen LogP contribution in [-0.4, -0.2) is 32.1 Å². The van der Waals surface area contributed by atoms with Crippen LogP contribution in [0.5, 0.6) is 0 Å². The van der Waals surface area contributed by atoms with Crippen LogP contribution in [0.4, 0.5) is 8.78 Å². The van der Waals surface area contributed by atoms with Crippen LogP contribution in [-0.2, 0) is 18.3 Å². The minimum atomic E-state index is -1.16. The quantitative estimate of drug-likeness (QED) is 0.541. The Morgan fingerprint density at radius 1 is 1.15 bits per heavy atom. The highest BCUT2D eigenvalue weighted by atomic mass is 19.1. The van der Waals surface area contributed by atoms with Gasteiger partial charge in [0.1, 0.15) is 11.6 Å². The first-order valence-electron chi connectivity index (χ1n) is 11.5. The van der Waals surface area contributed by atoms with Crippen LogP contribution in [0.3, 0.4) is 0 Å². The number of fused-ring (bicyclic) bond motifs is 3. The zero-order valence-electron chi connectivity index (χ0n) is 18.7. The Bertz CT molecular complexity index is 1300. The second kappa shape index (κ2) is 7.00. The van der Waals surface area contributed by atoms with Crippen LogP contribution in [0.2, 0.25) is 0 Å². The molecule has 2 atom stereocenters. The second-order valence-corrected chi connectivity index (χ2v) is 10.1. The van der Waals surface area contributed by atoms with Gasteiger partial charge in [-0.05, 0) is 73.9 Å². The smallest absolute Gasteiger partial charge is 0.328 e. The van der Waals surface area contributed by atoms with Gasteiger partial charge in [0.2, 0.25) is 0 Å². The molecule has 3 saturated carbocycles. The van der Waals surface area contributed by atoms with Crippen LogP contribution < -0.4 is 0 Å². The second-order valence-electron chi connectivity index (χ2n) is 10.1. The molecule has 4 nitrogen and oxygen atoms in total. The summed E-state index contributed by atoms with van der Waals surface area (Å²) in [5.74, 6) is -1.68. The maximum absolute atomic E-state index is 15.7. The third kappa shape index (κ3) is 2.86. The maximum Gasteiger partial charge on any atom is 0.328 e. The van der Waals surface area contributed by atoms with Crippen molar-refractivity contribution in [1.29, 1.82) is 0 Å². The summed E-state index contributed by atoms with van der Waals surface area (Å²) in [7, 11) is 1.99. The third-order valence-corrected chi connectivity index (χ3v) is 8.12. The average molecular weight is 449 g/mol. The van der Waals surface area contributed by atoms with E-state index in [1.165, 1.54) is 23.8 Å². The molecule has 3 aromatic rings. The Morgan fingerprint density at radius 3 is 2.42 bits per heavy atom. The highest BCUT2D eigenvalue weighted by molar-refractivity contribution is 5.87. The summed E-state index contributed by atoms with van der Waals surface area (Å²) in [6.07, 6.45) is 6.25. The lowest BCUT2D eigenvalue weighted by atomic mass is 9.48. The Labute approximate surface area is 191 Å². The Kier molecular flexibility index (Phi) is 4.37. The fourth-order valence-corrected chi connectivity index (χ4v) is 6.73. The van der Waals surface area contributed by atoms with Gasteiger partial charge in [0.05, 0.1) is 6.04 Å². The number of hydrogen-bond acceptors (Lipinski definition) is 2. The standard InChI is InChI=1S/C27H26F2N2O2/c1-15-9-19-18-5-3-4-6-22(18)30(2)25(19)26(31(15)27-12-17(13-27)14-27)24-20(28)10-16(11-21(24)29)7-8-23(32)33/h3-8,10-11,15,17,26H,9,12-14H2,1-2H3,(H,32,33)/t15-,17?,26-,27?/m1/s1. The monoisotopic (exact) mass is 448 g/mol. The topological polar surface area (TPSA) is 45.5 Å². The van der Waals surface area contributed by atoms with Gasteiger partial charge >= 0.3 is 5.97 Å². The number of carboxylic acid groups (broad SMARTS) is 1. The minimum Gasteiger partial charge on any atom is -0.478 e. The van der Waals surface area contributed by atoms with Crippen molar-refractivity contribution in [3.63, 3.8) is 0 Å². The largest absolute Gasteiger partial charge is 0.478 e. The zero-order chi connectivity index (χ0) is 23.1. The number of carbonyl (C=O) groups is 1. The van der Waals surface area contributed by atoms with E-state index in [-0.39, 0.29) is 22.7 Å². The summed E-state index contributed by atoms with van der Waals surface area (Å²) in [5.41, 5.74) is 3.48. The van der Waals surface area contributed by atoms with E-state index in [1.54, 1.807) is 0 Å². The third-order valence-electron chi connectivity index (χ3n) is 8.12. The van der Waals surface area contributed by atoms with Crippen molar-refractivity contribution in [3.05, 3.63) is 76.5 Å². The molecule has 3 fully saturated rings. The molecule has 1 aliphatic heterocycles. The zero-order valence-corrected chi connectivity index (χ0v) is 18.7. The molecule has 2 heterocycles. The number of carboxylic acids is 1. The molecule has 170 valence electrons. The number of para-hydroxylation sites is 1. The first kappa shape index (κ1) is 20.6. The number of halogens is 2. The fraction of sp³-hybridized carbons (Fsp3) is 0.370. The number of aryl methyl sites for hydroxylation is 1. The molecule has 2 aromatic carbocycles. The molecule has 0 amide bonds. The molecule has 1 N–H and O–H groups in total. The molecule has 6 heteroatoms. The van der Waals surface area contributed by atoms with E-state index >= 15 is 8.78 Å². The predicted octanol–water partition coefficient (Wildman–Crippen LogP) is 5.44. The molecular weight excluding hydrogens is 422 g/mol. The summed E-state index contributed by atoms with van der Waals surface area (Å²) in [5, 5.41) is 10.0. The number of rotatable bonds is 4. The lowest BCUT2D eigenvalue weighted by Crippen LogP contribution is -2.71. The lowest BCUT2D eigenvalue weighted by molar-refractivity contribution is -0.175. The van der Waals surface area contributed by atoms with Crippen molar-refractivity contribution in [2.75, 3.05) is 0 Å². The van der Waals surface area contributed by atoms with Crippen molar-refractivity contribution in [2.24, 2.45) is 13.0 Å².